The van der Waals surface area contributed by atoms with Crippen molar-refractivity contribution in [2.75, 3.05) is 0 Å². The van der Waals surface area contributed by atoms with Gasteiger partial charge in [0.25, 0.3) is 0 Å². The molecule has 16 heavy (non-hydrogen) atoms. The van der Waals surface area contributed by atoms with Crippen LogP contribution >= 0.6 is 0 Å². The van der Waals surface area contributed by atoms with Gasteiger partial charge in [0.2, 0.25) is 5.91 Å². The van der Waals surface area contributed by atoms with E-state index in [1.807, 2.05) is 0 Å². The Balaban J connectivity index is 2.41. The second kappa shape index (κ2) is 6.04. The molecule has 1 fully saturated rings. The zero-order valence-electron chi connectivity index (χ0n) is 10.4. The summed E-state index contributed by atoms with van der Waals surface area (Å²) in [6.45, 7) is 8.08. The molecule has 0 saturated heterocycles. The molecule has 0 radical (unpaired) electrons. The maximum atomic E-state index is 11.7. The predicted octanol–water partition coefficient (Wildman–Crippen LogP) is 1.83. The first-order valence-corrected chi connectivity index (χ1v) is 6.21. The Labute approximate surface area is 98.5 Å². The van der Waals surface area contributed by atoms with Gasteiger partial charge >= 0.3 is 0 Å². The highest BCUT2D eigenvalue weighted by Crippen LogP contribution is 2.28. The summed E-state index contributed by atoms with van der Waals surface area (Å²) in [5, 5.41) is 3.06. The third-order valence-corrected chi connectivity index (χ3v) is 3.52. The third-order valence-electron chi connectivity index (χ3n) is 3.52. The summed E-state index contributed by atoms with van der Waals surface area (Å²) in [7, 11) is 0. The van der Waals surface area contributed by atoms with E-state index in [2.05, 4.69) is 25.7 Å². The molecule has 0 aliphatic heterocycles. The van der Waals surface area contributed by atoms with Crippen molar-refractivity contribution in [1.82, 2.24) is 5.32 Å². The van der Waals surface area contributed by atoms with E-state index >= 15 is 0 Å². The molecule has 0 spiro atoms. The van der Waals surface area contributed by atoms with Crippen LogP contribution in [-0.2, 0) is 4.79 Å². The molecule has 3 N–H and O–H groups in total. The van der Waals surface area contributed by atoms with Crippen molar-refractivity contribution in [3.8, 4) is 0 Å². The number of nitrogens with one attached hydrogen (secondary N) is 1. The first kappa shape index (κ1) is 13.2. The van der Waals surface area contributed by atoms with E-state index in [9.17, 15) is 4.79 Å². The molecule has 1 rings (SSSR count). The normalized spacial score (nSPS) is 31.8. The van der Waals surface area contributed by atoms with Crippen molar-refractivity contribution in [3.05, 3.63) is 12.7 Å². The summed E-state index contributed by atoms with van der Waals surface area (Å²) in [5.74, 6) is 1.31. The van der Waals surface area contributed by atoms with Crippen LogP contribution < -0.4 is 11.1 Å². The highest BCUT2D eigenvalue weighted by molar-refractivity contribution is 5.81. The van der Waals surface area contributed by atoms with Gasteiger partial charge in [0.05, 0.1) is 6.04 Å². The summed E-state index contributed by atoms with van der Waals surface area (Å²) in [4.78, 5) is 11.7. The van der Waals surface area contributed by atoms with Crippen molar-refractivity contribution >= 4 is 5.91 Å². The number of carbonyl (C=O) groups is 1. The molecule has 4 atom stereocenters. The molecule has 0 aromatic rings. The fraction of sp³-hybridized carbons (Fsp3) is 0.769. The Kier molecular flexibility index (Phi) is 5.00. The van der Waals surface area contributed by atoms with E-state index < -0.39 is 6.04 Å². The monoisotopic (exact) mass is 224 g/mol. The van der Waals surface area contributed by atoms with E-state index in [1.165, 1.54) is 12.8 Å². The Morgan fingerprint density at radius 2 is 2.25 bits per heavy atom. The van der Waals surface area contributed by atoms with Crippen molar-refractivity contribution in [3.63, 3.8) is 0 Å². The summed E-state index contributed by atoms with van der Waals surface area (Å²) in [5.41, 5.74) is 5.73. The van der Waals surface area contributed by atoms with Crippen LogP contribution in [0.15, 0.2) is 12.7 Å². The third kappa shape index (κ3) is 3.63. The van der Waals surface area contributed by atoms with Crippen LogP contribution in [0.5, 0.6) is 0 Å². The highest BCUT2D eigenvalue weighted by atomic mass is 16.2. The molecule has 1 aliphatic rings. The SMILES string of the molecule is C=CCC(N)C(=O)NC1CCC(C)CC1C. The standard InChI is InChI=1S/C13H24N2O/c1-4-5-11(14)13(16)15-12-7-6-9(2)8-10(12)3/h4,9-12H,1,5-8,14H2,2-3H3,(H,15,16). The molecule has 3 heteroatoms. The number of amides is 1. The molecule has 1 saturated carbocycles. The van der Waals surface area contributed by atoms with E-state index in [4.69, 9.17) is 5.73 Å². The fourth-order valence-corrected chi connectivity index (χ4v) is 2.46. The fourth-order valence-electron chi connectivity index (χ4n) is 2.46. The Morgan fingerprint density at radius 3 is 2.81 bits per heavy atom. The summed E-state index contributed by atoms with van der Waals surface area (Å²) in [6.07, 6.45) is 5.71. The van der Waals surface area contributed by atoms with Gasteiger partial charge in [-0.2, -0.15) is 0 Å². The van der Waals surface area contributed by atoms with Crippen LogP contribution in [0.25, 0.3) is 0 Å². The number of nitrogens with two attached hydrogens (primary N) is 1. The molecule has 3 nitrogen and oxygen atoms in total. The molecule has 4 unspecified atom stereocenters. The maximum Gasteiger partial charge on any atom is 0.237 e. The van der Waals surface area contributed by atoms with Gasteiger partial charge in [-0.1, -0.05) is 19.9 Å². The van der Waals surface area contributed by atoms with E-state index in [1.54, 1.807) is 6.08 Å². The van der Waals surface area contributed by atoms with Crippen LogP contribution in [0.3, 0.4) is 0 Å². The van der Waals surface area contributed by atoms with E-state index in [0.717, 1.165) is 12.3 Å². The molecule has 0 bridgehead atoms. The van der Waals surface area contributed by atoms with Gasteiger partial charge in [0.15, 0.2) is 0 Å². The molecule has 0 heterocycles. The van der Waals surface area contributed by atoms with Gasteiger partial charge in [-0.15, -0.1) is 6.58 Å². The Hall–Kier alpha value is -0.830. The first-order chi connectivity index (χ1) is 7.54. The van der Waals surface area contributed by atoms with Gasteiger partial charge in [-0.05, 0) is 37.5 Å². The zero-order chi connectivity index (χ0) is 12.1. The second-order valence-corrected chi connectivity index (χ2v) is 5.14. The highest BCUT2D eigenvalue weighted by Gasteiger charge is 2.27. The minimum Gasteiger partial charge on any atom is -0.352 e. The molecule has 1 amide bonds. The molecule has 0 aromatic heterocycles. The van der Waals surface area contributed by atoms with Gasteiger partial charge in [-0.25, -0.2) is 0 Å². The van der Waals surface area contributed by atoms with E-state index in [0.29, 0.717) is 18.4 Å². The molecule has 1 aliphatic carbocycles. The topological polar surface area (TPSA) is 55.1 Å². The number of rotatable bonds is 4. The van der Waals surface area contributed by atoms with Crippen LogP contribution in [0.2, 0.25) is 0 Å². The first-order valence-electron chi connectivity index (χ1n) is 6.21. The Morgan fingerprint density at radius 1 is 1.56 bits per heavy atom. The van der Waals surface area contributed by atoms with Gasteiger partial charge in [0.1, 0.15) is 0 Å². The van der Waals surface area contributed by atoms with Crippen molar-refractivity contribution in [1.29, 1.82) is 0 Å². The molecule has 0 aromatic carbocycles. The van der Waals surface area contributed by atoms with Crippen LogP contribution in [0, 0.1) is 11.8 Å². The van der Waals surface area contributed by atoms with Crippen LogP contribution in [0.4, 0.5) is 0 Å². The lowest BCUT2D eigenvalue weighted by molar-refractivity contribution is -0.123. The van der Waals surface area contributed by atoms with Crippen molar-refractivity contribution < 1.29 is 4.79 Å². The molecule has 92 valence electrons. The lowest BCUT2D eigenvalue weighted by Gasteiger charge is -2.33. The summed E-state index contributed by atoms with van der Waals surface area (Å²) in [6, 6.07) is -0.136. The molecular formula is C13H24N2O. The van der Waals surface area contributed by atoms with Crippen molar-refractivity contribution in [2.24, 2.45) is 17.6 Å². The van der Waals surface area contributed by atoms with Crippen molar-refractivity contribution in [2.45, 2.75) is 51.6 Å². The minimum atomic E-state index is -0.441. The number of carbonyl (C=O) groups excluding carboxylic acids is 1. The summed E-state index contributed by atoms with van der Waals surface area (Å²) >= 11 is 0. The maximum absolute atomic E-state index is 11.7. The minimum absolute atomic E-state index is 0.0358. The van der Waals surface area contributed by atoms with E-state index in [-0.39, 0.29) is 5.91 Å². The largest absolute Gasteiger partial charge is 0.352 e. The average Bonchev–Trinajstić information content (AvgIpc) is 2.22. The lowest BCUT2D eigenvalue weighted by atomic mass is 9.80. The van der Waals surface area contributed by atoms with Gasteiger partial charge < -0.3 is 11.1 Å². The predicted molar refractivity (Wildman–Crippen MR) is 66.9 cm³/mol. The van der Waals surface area contributed by atoms with Crippen LogP contribution in [0.1, 0.15) is 39.5 Å². The van der Waals surface area contributed by atoms with Gasteiger partial charge in [-0.3, -0.25) is 4.79 Å². The van der Waals surface area contributed by atoms with Gasteiger partial charge in [0, 0.05) is 6.04 Å². The smallest absolute Gasteiger partial charge is 0.237 e. The second-order valence-electron chi connectivity index (χ2n) is 5.14. The zero-order valence-corrected chi connectivity index (χ0v) is 10.4. The summed E-state index contributed by atoms with van der Waals surface area (Å²) < 4.78 is 0. The number of hydrogen-bond donors (Lipinski definition) is 2. The number of hydrogen-bond acceptors (Lipinski definition) is 2. The lowest BCUT2D eigenvalue weighted by Crippen LogP contribution is -2.48. The quantitative estimate of drug-likeness (QED) is 0.716. The molecular weight excluding hydrogens is 200 g/mol. The average molecular weight is 224 g/mol. The van der Waals surface area contributed by atoms with Crippen LogP contribution in [-0.4, -0.2) is 18.0 Å². The Bertz CT molecular complexity index is 252.